The molecule has 9 nitrogen and oxygen atoms in total. The molecule has 1 amide bonds. The van der Waals surface area contributed by atoms with Crippen LogP contribution in [0.15, 0.2) is 36.5 Å². The van der Waals surface area contributed by atoms with Gasteiger partial charge in [0.25, 0.3) is 0 Å². The summed E-state index contributed by atoms with van der Waals surface area (Å²) in [6, 6.07) is -0.821. The molecule has 1 aliphatic rings. The first-order valence-corrected chi connectivity index (χ1v) is 34.2. The SMILES string of the molecule is CCCCCCCCCCCCCC/C=C\CCCCCCCCCCCCCCCCCCCC(=O)NC(COC1OC(CO)C(O)C(O)C1O)C(O)/C=C/CC/C=C/CCCCCCCCCCCCCCCCCC. The number of amides is 1. The average Bonchev–Trinajstić information content (AvgIpc) is 3.45. The van der Waals surface area contributed by atoms with Crippen molar-refractivity contribution in [2.45, 2.75) is 384 Å². The van der Waals surface area contributed by atoms with Crippen LogP contribution >= 0.6 is 0 Å². The number of ether oxygens (including phenoxy) is 2. The van der Waals surface area contributed by atoms with Crippen LogP contribution in [0.5, 0.6) is 0 Å². The minimum Gasteiger partial charge on any atom is -0.394 e. The minimum atomic E-state index is -1.57. The number of unbranched alkanes of at least 4 members (excludes halogenated alkanes) is 46. The lowest BCUT2D eigenvalue weighted by molar-refractivity contribution is -0.302. The number of nitrogens with one attached hydrogen (secondary N) is 1. The predicted molar refractivity (Wildman–Crippen MR) is 332 cm³/mol. The van der Waals surface area contributed by atoms with Crippen molar-refractivity contribution >= 4 is 5.91 Å². The molecule has 1 rings (SSSR count). The molecule has 1 heterocycles. The number of allylic oxidation sites excluding steroid dienone is 5. The highest BCUT2D eigenvalue weighted by molar-refractivity contribution is 5.76. The van der Waals surface area contributed by atoms with Gasteiger partial charge in [-0.2, -0.15) is 0 Å². The number of rotatable bonds is 60. The molecule has 0 aromatic rings. The predicted octanol–water partition coefficient (Wildman–Crippen LogP) is 18.3. The van der Waals surface area contributed by atoms with Crippen LogP contribution in [0.1, 0.15) is 341 Å². The fourth-order valence-corrected chi connectivity index (χ4v) is 11.1. The number of hydrogen-bond donors (Lipinski definition) is 6. The largest absolute Gasteiger partial charge is 0.394 e. The van der Waals surface area contributed by atoms with Gasteiger partial charge in [-0.25, -0.2) is 0 Å². The molecule has 0 bridgehead atoms. The highest BCUT2D eigenvalue weighted by Gasteiger charge is 2.44. The van der Waals surface area contributed by atoms with Gasteiger partial charge in [-0.3, -0.25) is 4.79 Å². The summed E-state index contributed by atoms with van der Waals surface area (Å²) < 4.78 is 11.3. The molecular formula is C69H131NO8. The van der Waals surface area contributed by atoms with Crippen LogP contribution in [0.25, 0.3) is 0 Å². The maximum atomic E-state index is 13.1. The van der Waals surface area contributed by atoms with Crippen LogP contribution in [-0.2, 0) is 14.3 Å². The van der Waals surface area contributed by atoms with Crippen molar-refractivity contribution in [2.75, 3.05) is 13.2 Å². The Balaban J connectivity index is 2.13. The lowest BCUT2D eigenvalue weighted by atomic mass is 9.99. The van der Waals surface area contributed by atoms with E-state index in [9.17, 15) is 30.3 Å². The monoisotopic (exact) mass is 1100 g/mol. The lowest BCUT2D eigenvalue weighted by Gasteiger charge is -2.40. The molecule has 0 aromatic carbocycles. The summed E-state index contributed by atoms with van der Waals surface area (Å²) in [5, 5.41) is 54.7. The third kappa shape index (κ3) is 47.0. The highest BCUT2D eigenvalue weighted by Crippen LogP contribution is 2.23. The summed E-state index contributed by atoms with van der Waals surface area (Å²) in [6.45, 7) is 3.81. The van der Waals surface area contributed by atoms with Crippen molar-refractivity contribution in [1.29, 1.82) is 0 Å². The van der Waals surface area contributed by atoms with Gasteiger partial charge >= 0.3 is 0 Å². The van der Waals surface area contributed by atoms with Crippen LogP contribution in [0.4, 0.5) is 0 Å². The van der Waals surface area contributed by atoms with E-state index in [0.717, 1.165) is 38.5 Å². The van der Waals surface area contributed by atoms with Crippen LogP contribution < -0.4 is 5.32 Å². The Kier molecular flexibility index (Phi) is 55.9. The molecule has 0 spiro atoms. The molecule has 78 heavy (non-hydrogen) atoms. The third-order valence-corrected chi connectivity index (χ3v) is 16.4. The van der Waals surface area contributed by atoms with Crippen molar-refractivity contribution in [1.82, 2.24) is 5.32 Å². The highest BCUT2D eigenvalue weighted by atomic mass is 16.7. The quantitative estimate of drug-likeness (QED) is 0.0261. The molecule has 460 valence electrons. The minimum absolute atomic E-state index is 0.180. The topological polar surface area (TPSA) is 149 Å². The van der Waals surface area contributed by atoms with E-state index in [-0.39, 0.29) is 12.5 Å². The van der Waals surface area contributed by atoms with Gasteiger partial charge in [0, 0.05) is 6.42 Å². The summed E-state index contributed by atoms with van der Waals surface area (Å²) in [6.07, 6.45) is 71.1. The van der Waals surface area contributed by atoms with Crippen LogP contribution in [0.3, 0.4) is 0 Å². The smallest absolute Gasteiger partial charge is 0.220 e. The molecule has 1 saturated heterocycles. The van der Waals surface area contributed by atoms with Crippen LogP contribution in [-0.4, -0.2) is 87.5 Å². The van der Waals surface area contributed by atoms with E-state index in [1.165, 1.54) is 283 Å². The number of aliphatic hydroxyl groups is 5. The molecule has 1 aliphatic heterocycles. The molecule has 0 radical (unpaired) electrons. The van der Waals surface area contributed by atoms with Gasteiger partial charge in [0.2, 0.25) is 5.91 Å². The molecular weight excluding hydrogens is 971 g/mol. The Hall–Kier alpha value is -1.59. The Morgan fingerprint density at radius 2 is 0.731 bits per heavy atom. The van der Waals surface area contributed by atoms with Gasteiger partial charge in [0.1, 0.15) is 24.4 Å². The van der Waals surface area contributed by atoms with E-state index in [1.807, 2.05) is 6.08 Å². The Bertz CT molecular complexity index is 1320. The number of carbonyl (C=O) groups is 1. The van der Waals surface area contributed by atoms with E-state index in [4.69, 9.17) is 9.47 Å². The van der Waals surface area contributed by atoms with Crippen molar-refractivity contribution in [2.24, 2.45) is 0 Å². The number of carbonyl (C=O) groups excluding carboxylic acids is 1. The zero-order valence-corrected chi connectivity index (χ0v) is 51.4. The standard InChI is InChI=1S/C69H131NO8/c1-3-5-7-9-11-13-15-17-19-21-23-25-27-28-29-30-31-32-33-34-35-36-37-39-41-43-45-47-49-51-53-55-57-59-65(73)70-62(61-77-69-68(76)67(75)66(74)64(60-71)78-69)63(72)58-56-54-52-50-48-46-44-42-40-38-26-24-22-20-18-16-14-12-10-8-6-4-2/h28-29,48,50,56,58,62-64,66-69,71-72,74-76H,3-27,30-47,49,51-55,57,59-61H2,1-2H3,(H,70,73)/b29-28-,50-48+,58-56+. The maximum Gasteiger partial charge on any atom is 0.220 e. The van der Waals surface area contributed by atoms with Crippen molar-refractivity contribution in [3.05, 3.63) is 36.5 Å². The fourth-order valence-electron chi connectivity index (χ4n) is 11.1. The summed E-state index contributed by atoms with van der Waals surface area (Å²) in [7, 11) is 0. The Labute approximate surface area is 482 Å². The first kappa shape index (κ1) is 74.4. The zero-order chi connectivity index (χ0) is 56.5. The zero-order valence-electron chi connectivity index (χ0n) is 51.4. The molecule has 0 aliphatic carbocycles. The van der Waals surface area contributed by atoms with E-state index < -0.39 is 49.5 Å². The third-order valence-electron chi connectivity index (χ3n) is 16.4. The van der Waals surface area contributed by atoms with Gasteiger partial charge in [0.15, 0.2) is 6.29 Å². The van der Waals surface area contributed by atoms with Crippen LogP contribution in [0, 0.1) is 0 Å². The molecule has 7 unspecified atom stereocenters. The Morgan fingerprint density at radius 1 is 0.423 bits per heavy atom. The first-order chi connectivity index (χ1) is 38.3. The second-order valence-corrected chi connectivity index (χ2v) is 24.0. The first-order valence-electron chi connectivity index (χ1n) is 34.2. The second-order valence-electron chi connectivity index (χ2n) is 24.0. The number of hydrogen-bond acceptors (Lipinski definition) is 8. The molecule has 0 aromatic heterocycles. The molecule has 1 fully saturated rings. The normalized spacial score (nSPS) is 18.8. The molecule has 0 saturated carbocycles. The number of aliphatic hydroxyl groups excluding tert-OH is 5. The van der Waals surface area contributed by atoms with Gasteiger partial charge in [0.05, 0.1) is 25.4 Å². The summed E-state index contributed by atoms with van der Waals surface area (Å²) in [5.41, 5.74) is 0. The summed E-state index contributed by atoms with van der Waals surface area (Å²) in [4.78, 5) is 13.1. The van der Waals surface area contributed by atoms with Crippen molar-refractivity contribution in [3.8, 4) is 0 Å². The molecule has 7 atom stereocenters. The summed E-state index contributed by atoms with van der Waals surface area (Å²) in [5.74, 6) is -0.180. The van der Waals surface area contributed by atoms with E-state index in [2.05, 4.69) is 43.5 Å². The molecule has 6 N–H and O–H groups in total. The molecule has 9 heteroatoms. The van der Waals surface area contributed by atoms with Gasteiger partial charge < -0.3 is 40.3 Å². The summed E-state index contributed by atoms with van der Waals surface area (Å²) >= 11 is 0. The van der Waals surface area contributed by atoms with Crippen molar-refractivity contribution < 1.29 is 39.8 Å². The lowest BCUT2D eigenvalue weighted by Crippen LogP contribution is -2.60. The fraction of sp³-hybridized carbons (Fsp3) is 0.899. The van der Waals surface area contributed by atoms with E-state index in [1.54, 1.807) is 6.08 Å². The second kappa shape index (κ2) is 58.6. The average molecular weight is 1100 g/mol. The van der Waals surface area contributed by atoms with E-state index >= 15 is 0 Å². The Morgan fingerprint density at radius 3 is 1.08 bits per heavy atom. The van der Waals surface area contributed by atoms with E-state index in [0.29, 0.717) is 6.42 Å². The van der Waals surface area contributed by atoms with Gasteiger partial charge in [-0.1, -0.05) is 314 Å². The van der Waals surface area contributed by atoms with Gasteiger partial charge in [-0.05, 0) is 57.8 Å². The van der Waals surface area contributed by atoms with Crippen molar-refractivity contribution in [3.63, 3.8) is 0 Å². The van der Waals surface area contributed by atoms with Crippen LogP contribution in [0.2, 0.25) is 0 Å². The van der Waals surface area contributed by atoms with Gasteiger partial charge in [-0.15, -0.1) is 0 Å². The maximum absolute atomic E-state index is 13.1.